The van der Waals surface area contributed by atoms with Crippen LogP contribution in [0.3, 0.4) is 0 Å². The SMILES string of the molecule is CCOC(=O)c1c(-c2ccc(C)o2)csc1NC(=O)CSc1n[nH]c(C2CCCC2)n1. The van der Waals surface area contributed by atoms with Crippen molar-refractivity contribution in [3.63, 3.8) is 0 Å². The second-order valence-corrected chi connectivity index (χ2v) is 9.13. The summed E-state index contributed by atoms with van der Waals surface area (Å²) in [6.45, 7) is 3.82. The molecule has 8 nitrogen and oxygen atoms in total. The fourth-order valence-electron chi connectivity index (χ4n) is 3.61. The van der Waals surface area contributed by atoms with E-state index in [-0.39, 0.29) is 18.3 Å². The summed E-state index contributed by atoms with van der Waals surface area (Å²) >= 11 is 2.53. The van der Waals surface area contributed by atoms with E-state index >= 15 is 0 Å². The first-order valence-electron chi connectivity index (χ1n) is 10.3. The number of aromatic amines is 1. The van der Waals surface area contributed by atoms with E-state index in [1.54, 1.807) is 18.4 Å². The maximum Gasteiger partial charge on any atom is 0.341 e. The summed E-state index contributed by atoms with van der Waals surface area (Å²) in [5, 5.41) is 12.8. The molecule has 1 saturated carbocycles. The summed E-state index contributed by atoms with van der Waals surface area (Å²) in [5.41, 5.74) is 0.913. The van der Waals surface area contributed by atoms with Crippen LogP contribution in [0.25, 0.3) is 11.3 Å². The predicted octanol–water partition coefficient (Wildman–Crippen LogP) is 5.00. The number of amides is 1. The van der Waals surface area contributed by atoms with Crippen molar-refractivity contribution in [2.24, 2.45) is 0 Å². The molecule has 0 aliphatic heterocycles. The Morgan fingerprint density at radius 2 is 2.16 bits per heavy atom. The highest BCUT2D eigenvalue weighted by Crippen LogP contribution is 2.37. The van der Waals surface area contributed by atoms with Crippen LogP contribution in [0.2, 0.25) is 0 Å². The topological polar surface area (TPSA) is 110 Å². The largest absolute Gasteiger partial charge is 0.462 e. The van der Waals surface area contributed by atoms with Crippen molar-refractivity contribution >= 4 is 40.0 Å². The minimum absolute atomic E-state index is 0.136. The number of furan rings is 1. The first-order chi connectivity index (χ1) is 15.0. The van der Waals surface area contributed by atoms with Gasteiger partial charge in [-0.05, 0) is 38.8 Å². The Labute approximate surface area is 188 Å². The van der Waals surface area contributed by atoms with Gasteiger partial charge in [0.15, 0.2) is 0 Å². The van der Waals surface area contributed by atoms with Crippen LogP contribution in [-0.4, -0.2) is 39.4 Å². The number of aryl methyl sites for hydroxylation is 1. The van der Waals surface area contributed by atoms with E-state index in [0.717, 1.165) is 24.4 Å². The quantitative estimate of drug-likeness (QED) is 0.359. The molecule has 0 unspecified atom stereocenters. The summed E-state index contributed by atoms with van der Waals surface area (Å²) in [5.74, 6) is 2.04. The zero-order valence-electron chi connectivity index (χ0n) is 17.4. The number of hydrogen-bond donors (Lipinski definition) is 2. The Bertz CT molecular complexity index is 1070. The second kappa shape index (κ2) is 9.69. The Morgan fingerprint density at radius 1 is 1.35 bits per heavy atom. The molecule has 1 amide bonds. The lowest BCUT2D eigenvalue weighted by Crippen LogP contribution is -2.16. The van der Waals surface area contributed by atoms with Gasteiger partial charge < -0.3 is 14.5 Å². The van der Waals surface area contributed by atoms with E-state index in [1.807, 2.05) is 13.0 Å². The Balaban J connectivity index is 1.43. The summed E-state index contributed by atoms with van der Waals surface area (Å²) < 4.78 is 10.9. The van der Waals surface area contributed by atoms with Crippen molar-refractivity contribution in [1.82, 2.24) is 15.2 Å². The number of H-pyrrole nitrogens is 1. The van der Waals surface area contributed by atoms with Gasteiger partial charge in [0.05, 0.1) is 12.4 Å². The van der Waals surface area contributed by atoms with E-state index in [4.69, 9.17) is 9.15 Å². The number of nitrogens with one attached hydrogen (secondary N) is 2. The average Bonchev–Trinajstić information content (AvgIpc) is 3.52. The maximum atomic E-state index is 12.6. The number of esters is 1. The number of nitrogens with zero attached hydrogens (tertiary/aromatic N) is 2. The van der Waals surface area contributed by atoms with Crippen molar-refractivity contribution in [3.8, 4) is 11.3 Å². The fraction of sp³-hybridized carbons (Fsp3) is 0.429. The molecule has 0 radical (unpaired) electrons. The predicted molar refractivity (Wildman–Crippen MR) is 120 cm³/mol. The molecule has 31 heavy (non-hydrogen) atoms. The van der Waals surface area contributed by atoms with Gasteiger partial charge in [-0.3, -0.25) is 9.89 Å². The zero-order valence-corrected chi connectivity index (χ0v) is 19.0. The number of carbonyl (C=O) groups excluding carboxylic acids is 2. The maximum absolute atomic E-state index is 12.6. The number of thioether (sulfide) groups is 1. The average molecular weight is 461 g/mol. The third kappa shape index (κ3) is 5.01. The highest BCUT2D eigenvalue weighted by atomic mass is 32.2. The molecule has 0 saturated heterocycles. The van der Waals surface area contributed by atoms with Gasteiger partial charge in [0.1, 0.15) is 27.9 Å². The van der Waals surface area contributed by atoms with Crippen molar-refractivity contribution in [3.05, 3.63) is 34.7 Å². The normalized spacial score (nSPS) is 14.1. The van der Waals surface area contributed by atoms with Gasteiger partial charge in [-0.15, -0.1) is 16.4 Å². The van der Waals surface area contributed by atoms with Gasteiger partial charge in [0.2, 0.25) is 11.1 Å². The lowest BCUT2D eigenvalue weighted by molar-refractivity contribution is -0.113. The first-order valence-corrected chi connectivity index (χ1v) is 12.1. The van der Waals surface area contributed by atoms with Crippen LogP contribution >= 0.6 is 23.1 Å². The van der Waals surface area contributed by atoms with E-state index in [2.05, 4.69) is 20.5 Å². The molecule has 2 N–H and O–H groups in total. The van der Waals surface area contributed by atoms with Gasteiger partial charge in [-0.1, -0.05) is 24.6 Å². The van der Waals surface area contributed by atoms with Crippen LogP contribution < -0.4 is 5.32 Å². The van der Waals surface area contributed by atoms with E-state index in [0.29, 0.717) is 33.0 Å². The summed E-state index contributed by atoms with van der Waals surface area (Å²) in [7, 11) is 0. The van der Waals surface area contributed by atoms with Crippen molar-refractivity contribution in [2.45, 2.75) is 50.6 Å². The van der Waals surface area contributed by atoms with Crippen LogP contribution in [0.1, 0.15) is 60.5 Å². The number of rotatable bonds is 8. The van der Waals surface area contributed by atoms with Crippen molar-refractivity contribution in [2.75, 3.05) is 17.7 Å². The van der Waals surface area contributed by atoms with Crippen molar-refractivity contribution < 1.29 is 18.7 Å². The molecule has 164 valence electrons. The minimum Gasteiger partial charge on any atom is -0.462 e. The number of carbonyl (C=O) groups is 2. The Hall–Kier alpha value is -2.59. The smallest absolute Gasteiger partial charge is 0.341 e. The van der Waals surface area contributed by atoms with E-state index in [1.165, 1.54) is 35.9 Å². The molecule has 3 aromatic rings. The number of anilines is 1. The standard InChI is InChI=1S/C21H24N4O4S2/c1-3-28-20(27)17-14(15-9-8-12(2)29-15)10-30-19(17)22-16(26)11-31-21-23-18(24-25-21)13-6-4-5-7-13/h8-10,13H,3-7,11H2,1-2H3,(H,22,26)(H,23,24,25). The molecule has 0 atom stereocenters. The van der Waals surface area contributed by atoms with Crippen molar-refractivity contribution in [1.29, 1.82) is 0 Å². The minimum atomic E-state index is -0.495. The highest BCUT2D eigenvalue weighted by Gasteiger charge is 2.25. The Kier molecular flexibility index (Phi) is 6.77. The zero-order chi connectivity index (χ0) is 21.8. The first kappa shape index (κ1) is 21.6. The number of hydrogen-bond acceptors (Lipinski definition) is 8. The molecule has 4 rings (SSSR count). The molecular weight excluding hydrogens is 436 g/mol. The second-order valence-electron chi connectivity index (χ2n) is 7.31. The molecule has 10 heteroatoms. The van der Waals surface area contributed by atoms with E-state index < -0.39 is 5.97 Å². The van der Waals surface area contributed by atoms with Crippen LogP contribution in [-0.2, 0) is 9.53 Å². The molecule has 1 aliphatic carbocycles. The monoisotopic (exact) mass is 460 g/mol. The number of thiophene rings is 1. The van der Waals surface area contributed by atoms with Gasteiger partial charge in [-0.25, -0.2) is 9.78 Å². The van der Waals surface area contributed by atoms with Gasteiger partial charge >= 0.3 is 5.97 Å². The lowest BCUT2D eigenvalue weighted by Gasteiger charge is -2.07. The molecule has 1 aliphatic rings. The third-order valence-corrected chi connectivity index (χ3v) is 6.83. The lowest BCUT2D eigenvalue weighted by atomic mass is 10.1. The molecule has 3 aromatic heterocycles. The van der Waals surface area contributed by atoms with Crippen LogP contribution in [0.5, 0.6) is 0 Å². The Morgan fingerprint density at radius 3 is 2.87 bits per heavy atom. The van der Waals surface area contributed by atoms with E-state index in [9.17, 15) is 9.59 Å². The van der Waals surface area contributed by atoms with Crippen LogP contribution in [0.15, 0.2) is 27.1 Å². The van der Waals surface area contributed by atoms with Crippen LogP contribution in [0.4, 0.5) is 5.00 Å². The number of aromatic nitrogens is 3. The summed E-state index contributed by atoms with van der Waals surface area (Å²) in [6, 6.07) is 3.63. The molecular formula is C21H24N4O4S2. The third-order valence-electron chi connectivity index (χ3n) is 5.09. The highest BCUT2D eigenvalue weighted by molar-refractivity contribution is 7.99. The van der Waals surface area contributed by atoms with Gasteiger partial charge in [0, 0.05) is 16.9 Å². The molecule has 0 aromatic carbocycles. The fourth-order valence-corrected chi connectivity index (χ4v) is 5.17. The summed E-state index contributed by atoms with van der Waals surface area (Å²) in [4.78, 5) is 29.7. The molecule has 0 spiro atoms. The molecule has 3 heterocycles. The van der Waals surface area contributed by atoms with Gasteiger partial charge in [0.25, 0.3) is 0 Å². The molecule has 1 fully saturated rings. The summed E-state index contributed by atoms with van der Waals surface area (Å²) in [6.07, 6.45) is 4.71. The van der Waals surface area contributed by atoms with Crippen LogP contribution in [0, 0.1) is 6.92 Å². The van der Waals surface area contributed by atoms with Gasteiger partial charge in [-0.2, -0.15) is 0 Å². The molecule has 0 bridgehead atoms. The number of ether oxygens (including phenoxy) is 1.